The zero-order valence-electron chi connectivity index (χ0n) is 19.7. The molecule has 184 valence electrons. The van der Waals surface area contributed by atoms with E-state index in [2.05, 4.69) is 34.9 Å². The summed E-state index contributed by atoms with van der Waals surface area (Å²) < 4.78 is 5.65. The summed E-state index contributed by atoms with van der Waals surface area (Å²) in [5.41, 5.74) is 4.73. The van der Waals surface area contributed by atoms with Gasteiger partial charge in [0.05, 0.1) is 0 Å². The average Bonchev–Trinajstić information content (AvgIpc) is 3.47. The van der Waals surface area contributed by atoms with E-state index in [0.717, 1.165) is 25.7 Å². The second-order valence-corrected chi connectivity index (χ2v) is 10.2. The molecule has 2 saturated carbocycles. The van der Waals surface area contributed by atoms with E-state index in [9.17, 15) is 19.5 Å². The highest BCUT2D eigenvalue weighted by Crippen LogP contribution is 2.44. The fourth-order valence-electron chi connectivity index (χ4n) is 5.62. The van der Waals surface area contributed by atoms with E-state index in [1.165, 1.54) is 22.3 Å². The molecule has 7 nitrogen and oxygen atoms in total. The third kappa shape index (κ3) is 5.50. The van der Waals surface area contributed by atoms with Crippen LogP contribution in [0.4, 0.5) is 4.79 Å². The lowest BCUT2D eigenvalue weighted by Gasteiger charge is -2.18. The van der Waals surface area contributed by atoms with Crippen molar-refractivity contribution in [1.29, 1.82) is 0 Å². The predicted octanol–water partition coefficient (Wildman–Crippen LogP) is 4.45. The minimum Gasteiger partial charge on any atom is -0.480 e. The number of alkyl carbamates (subject to hydrolysis) is 1. The first-order valence-corrected chi connectivity index (χ1v) is 12.6. The van der Waals surface area contributed by atoms with Crippen LogP contribution < -0.4 is 10.6 Å². The van der Waals surface area contributed by atoms with Gasteiger partial charge in [0.2, 0.25) is 5.91 Å². The van der Waals surface area contributed by atoms with Crippen molar-refractivity contribution >= 4 is 18.0 Å². The number of benzene rings is 2. The van der Waals surface area contributed by atoms with E-state index >= 15 is 0 Å². The first-order valence-electron chi connectivity index (χ1n) is 12.6. The van der Waals surface area contributed by atoms with Crippen molar-refractivity contribution in [3.8, 4) is 11.1 Å². The number of carboxylic acid groups (broad SMARTS) is 1. The Kier molecular flexibility index (Phi) is 6.75. The summed E-state index contributed by atoms with van der Waals surface area (Å²) in [4.78, 5) is 36.4. The van der Waals surface area contributed by atoms with Crippen LogP contribution in [-0.4, -0.2) is 41.8 Å². The van der Waals surface area contributed by atoms with E-state index in [0.29, 0.717) is 18.8 Å². The number of carboxylic acids is 1. The minimum atomic E-state index is -0.966. The smallest absolute Gasteiger partial charge is 0.407 e. The summed E-state index contributed by atoms with van der Waals surface area (Å²) in [5, 5.41) is 15.0. The molecule has 0 saturated heterocycles. The SMILES string of the molecule is O=C(C[C@@H]1CC[C@H](NC(=O)OCC2c3ccccc3-c3ccccc32)C1)NC(CC1CC1)C(=O)O. The molecular weight excluding hydrogens is 444 g/mol. The Morgan fingerprint density at radius 3 is 2.17 bits per heavy atom. The van der Waals surface area contributed by atoms with Gasteiger partial charge < -0.3 is 20.5 Å². The Hall–Kier alpha value is -3.35. The highest BCUT2D eigenvalue weighted by molar-refractivity contribution is 5.83. The van der Waals surface area contributed by atoms with Gasteiger partial charge in [0.25, 0.3) is 0 Å². The van der Waals surface area contributed by atoms with Crippen molar-refractivity contribution in [1.82, 2.24) is 10.6 Å². The van der Waals surface area contributed by atoms with Crippen LogP contribution in [0.2, 0.25) is 0 Å². The van der Waals surface area contributed by atoms with Gasteiger partial charge in [0.1, 0.15) is 12.6 Å². The summed E-state index contributed by atoms with van der Waals surface area (Å²) in [5.74, 6) is -0.611. The van der Waals surface area contributed by atoms with Gasteiger partial charge in [-0.15, -0.1) is 0 Å². The zero-order chi connectivity index (χ0) is 24.4. The lowest BCUT2D eigenvalue weighted by Crippen LogP contribution is -2.41. The van der Waals surface area contributed by atoms with Gasteiger partial charge >= 0.3 is 12.1 Å². The normalized spacial score (nSPS) is 21.6. The number of amides is 2. The van der Waals surface area contributed by atoms with Crippen LogP contribution in [0.25, 0.3) is 11.1 Å². The molecule has 3 aliphatic carbocycles. The zero-order valence-corrected chi connectivity index (χ0v) is 19.7. The van der Waals surface area contributed by atoms with E-state index < -0.39 is 18.1 Å². The number of nitrogens with one attached hydrogen (secondary N) is 2. The second-order valence-electron chi connectivity index (χ2n) is 10.2. The fraction of sp³-hybridized carbons (Fsp3) is 0.464. The van der Waals surface area contributed by atoms with Crippen molar-refractivity contribution in [2.24, 2.45) is 11.8 Å². The van der Waals surface area contributed by atoms with Crippen LogP contribution in [0.5, 0.6) is 0 Å². The van der Waals surface area contributed by atoms with Crippen molar-refractivity contribution in [2.45, 2.75) is 62.9 Å². The molecule has 0 bridgehead atoms. The topological polar surface area (TPSA) is 105 Å². The Bertz CT molecular complexity index is 1070. The van der Waals surface area contributed by atoms with Gasteiger partial charge in [-0.25, -0.2) is 9.59 Å². The molecule has 1 unspecified atom stereocenters. The van der Waals surface area contributed by atoms with Crippen LogP contribution in [0.3, 0.4) is 0 Å². The summed E-state index contributed by atoms with van der Waals surface area (Å²) in [7, 11) is 0. The molecule has 2 fully saturated rings. The summed E-state index contributed by atoms with van der Waals surface area (Å²) >= 11 is 0. The maximum absolute atomic E-state index is 12.6. The van der Waals surface area contributed by atoms with Crippen molar-refractivity contribution in [3.63, 3.8) is 0 Å². The third-order valence-electron chi connectivity index (χ3n) is 7.58. The molecule has 5 rings (SSSR count). The van der Waals surface area contributed by atoms with Crippen LogP contribution in [-0.2, 0) is 14.3 Å². The number of fused-ring (bicyclic) bond motifs is 3. The molecular formula is C28H32N2O5. The molecule has 3 atom stereocenters. The molecule has 7 heteroatoms. The van der Waals surface area contributed by atoms with Gasteiger partial charge in [0, 0.05) is 18.4 Å². The number of hydrogen-bond acceptors (Lipinski definition) is 4. The highest BCUT2D eigenvalue weighted by atomic mass is 16.5. The van der Waals surface area contributed by atoms with Crippen LogP contribution >= 0.6 is 0 Å². The van der Waals surface area contributed by atoms with Crippen LogP contribution in [0, 0.1) is 11.8 Å². The van der Waals surface area contributed by atoms with Crippen molar-refractivity contribution < 1.29 is 24.2 Å². The summed E-state index contributed by atoms with van der Waals surface area (Å²) in [6.07, 6.45) is 4.76. The number of carbonyl (C=O) groups excluding carboxylic acids is 2. The summed E-state index contributed by atoms with van der Waals surface area (Å²) in [6, 6.07) is 15.6. The van der Waals surface area contributed by atoms with Gasteiger partial charge in [-0.1, -0.05) is 61.4 Å². The molecule has 2 aromatic rings. The van der Waals surface area contributed by atoms with Gasteiger partial charge in [-0.2, -0.15) is 0 Å². The minimum absolute atomic E-state index is 0.0194. The van der Waals surface area contributed by atoms with Gasteiger partial charge in [-0.3, -0.25) is 4.79 Å². The molecule has 3 N–H and O–H groups in total. The van der Waals surface area contributed by atoms with E-state index in [1.807, 2.05) is 24.3 Å². The Morgan fingerprint density at radius 2 is 1.54 bits per heavy atom. The van der Waals surface area contributed by atoms with Crippen molar-refractivity contribution in [3.05, 3.63) is 59.7 Å². The fourth-order valence-corrected chi connectivity index (χ4v) is 5.62. The van der Waals surface area contributed by atoms with E-state index in [-0.39, 0.29) is 36.8 Å². The Labute approximate surface area is 205 Å². The number of hydrogen-bond donors (Lipinski definition) is 3. The molecule has 0 heterocycles. The lowest BCUT2D eigenvalue weighted by atomic mass is 9.98. The molecule has 0 aliphatic heterocycles. The largest absolute Gasteiger partial charge is 0.480 e. The Morgan fingerprint density at radius 1 is 0.914 bits per heavy atom. The number of aliphatic carboxylic acids is 1. The molecule has 0 radical (unpaired) electrons. The van der Waals surface area contributed by atoms with E-state index in [1.54, 1.807) is 0 Å². The lowest BCUT2D eigenvalue weighted by molar-refractivity contribution is -0.142. The average molecular weight is 477 g/mol. The van der Waals surface area contributed by atoms with Gasteiger partial charge in [0.15, 0.2) is 0 Å². The maximum Gasteiger partial charge on any atom is 0.407 e. The maximum atomic E-state index is 12.6. The standard InChI is InChI=1S/C28H32N2O5/c31-26(30-25(27(32)33)14-17-9-10-17)15-18-11-12-19(13-18)29-28(34)35-16-24-22-7-3-1-5-20(22)21-6-2-4-8-23(21)24/h1-8,17-19,24-25H,9-16H2,(H,29,34)(H,30,31)(H,32,33)/t18-,19+,25?/m1/s1. The molecule has 0 spiro atoms. The monoisotopic (exact) mass is 476 g/mol. The van der Waals surface area contributed by atoms with Crippen molar-refractivity contribution in [2.75, 3.05) is 6.61 Å². The molecule has 35 heavy (non-hydrogen) atoms. The molecule has 3 aliphatic rings. The number of rotatable bonds is 9. The first kappa shape index (κ1) is 23.4. The second kappa shape index (κ2) is 10.1. The quantitative estimate of drug-likeness (QED) is 0.496. The third-order valence-corrected chi connectivity index (χ3v) is 7.58. The summed E-state index contributed by atoms with van der Waals surface area (Å²) in [6.45, 7) is 0.274. The molecule has 2 aromatic carbocycles. The first-order chi connectivity index (χ1) is 17.0. The molecule has 2 amide bonds. The number of carbonyl (C=O) groups is 3. The van der Waals surface area contributed by atoms with Crippen LogP contribution in [0.15, 0.2) is 48.5 Å². The molecule has 0 aromatic heterocycles. The van der Waals surface area contributed by atoms with E-state index in [4.69, 9.17) is 4.74 Å². The number of ether oxygens (including phenoxy) is 1. The predicted molar refractivity (Wildman–Crippen MR) is 131 cm³/mol. The van der Waals surface area contributed by atoms with Crippen LogP contribution in [0.1, 0.15) is 62.0 Å². The van der Waals surface area contributed by atoms with Gasteiger partial charge in [-0.05, 0) is 59.8 Å². The Balaban J connectivity index is 1.08. The highest BCUT2D eigenvalue weighted by Gasteiger charge is 2.33.